The number of nitrogens with zero attached hydrogens (tertiary/aromatic N) is 1. The highest BCUT2D eigenvalue weighted by Gasteiger charge is 2.40. The predicted molar refractivity (Wildman–Crippen MR) is 146 cm³/mol. The number of carbonyl (C=O) groups is 2. The number of para-hydroxylation sites is 2. The largest absolute Gasteiger partial charge is 0.478 e. The standard InChI is InChI=1S/C32H26N2O3/c1-2-21-15-17-23(18-16-21)31(36)32-30(33-24-12-6-7-14-27(24)37-32)29-25-13-8-9-19-34(25)26(20-35)28(29)22-10-4-3-5-11-22/h3-20,30,32-33H,2H2,1H3/t30-,32+/m0/s1. The number of carbonyl (C=O) groups excluding carboxylic acids is 2. The molecule has 5 nitrogen and oxygen atoms in total. The normalized spacial score (nSPS) is 16.5. The molecule has 0 fully saturated rings. The van der Waals surface area contributed by atoms with Gasteiger partial charge in [0, 0.05) is 22.9 Å². The van der Waals surface area contributed by atoms with Gasteiger partial charge >= 0.3 is 0 Å². The van der Waals surface area contributed by atoms with Gasteiger partial charge in [0.2, 0.25) is 5.78 Å². The highest BCUT2D eigenvalue weighted by atomic mass is 16.5. The Kier molecular flexibility index (Phi) is 5.81. The van der Waals surface area contributed by atoms with Crippen molar-refractivity contribution in [2.45, 2.75) is 25.5 Å². The quantitative estimate of drug-likeness (QED) is 0.212. The van der Waals surface area contributed by atoms with E-state index in [1.54, 1.807) is 0 Å². The number of anilines is 1. The molecule has 5 aromatic rings. The summed E-state index contributed by atoms with van der Waals surface area (Å²) in [4.78, 5) is 26.5. The summed E-state index contributed by atoms with van der Waals surface area (Å²) in [7, 11) is 0. The summed E-state index contributed by atoms with van der Waals surface area (Å²) in [5, 5.41) is 3.60. The van der Waals surface area contributed by atoms with Gasteiger partial charge in [-0.2, -0.15) is 0 Å². The van der Waals surface area contributed by atoms with Gasteiger partial charge < -0.3 is 14.5 Å². The van der Waals surface area contributed by atoms with E-state index < -0.39 is 12.1 Å². The van der Waals surface area contributed by atoms with Crippen LogP contribution in [0.3, 0.4) is 0 Å². The van der Waals surface area contributed by atoms with Gasteiger partial charge in [-0.15, -0.1) is 0 Å². The SMILES string of the molecule is CCc1ccc(C(=O)[C@@H]2Oc3ccccc3N[C@H]2c2c(-c3ccccc3)c(C=O)n3ccccc23)cc1. The van der Waals surface area contributed by atoms with Crippen molar-refractivity contribution < 1.29 is 14.3 Å². The molecule has 6 rings (SSSR count). The Morgan fingerprint density at radius 2 is 1.65 bits per heavy atom. The molecule has 1 N–H and O–H groups in total. The molecule has 1 aliphatic heterocycles. The van der Waals surface area contributed by atoms with Crippen molar-refractivity contribution in [1.29, 1.82) is 0 Å². The van der Waals surface area contributed by atoms with Crippen LogP contribution in [0.25, 0.3) is 16.6 Å². The molecule has 37 heavy (non-hydrogen) atoms. The van der Waals surface area contributed by atoms with Crippen molar-refractivity contribution in [2.24, 2.45) is 0 Å². The fraction of sp³-hybridized carbons (Fsp3) is 0.125. The Morgan fingerprint density at radius 3 is 2.41 bits per heavy atom. The first-order chi connectivity index (χ1) is 18.2. The molecule has 0 spiro atoms. The lowest BCUT2D eigenvalue weighted by Crippen LogP contribution is -2.41. The average molecular weight is 487 g/mol. The lowest BCUT2D eigenvalue weighted by atomic mass is 9.88. The third kappa shape index (κ3) is 3.89. The van der Waals surface area contributed by atoms with Crippen LogP contribution < -0.4 is 10.1 Å². The minimum Gasteiger partial charge on any atom is -0.478 e. The van der Waals surface area contributed by atoms with Gasteiger partial charge in [0.25, 0.3) is 0 Å². The van der Waals surface area contributed by atoms with Crippen molar-refractivity contribution in [3.63, 3.8) is 0 Å². The summed E-state index contributed by atoms with van der Waals surface area (Å²) >= 11 is 0. The van der Waals surface area contributed by atoms with Crippen LogP contribution in [0.1, 0.15) is 44.9 Å². The zero-order valence-electron chi connectivity index (χ0n) is 20.4. The minimum absolute atomic E-state index is 0.114. The minimum atomic E-state index is -0.837. The Morgan fingerprint density at radius 1 is 0.919 bits per heavy atom. The van der Waals surface area contributed by atoms with Crippen LogP contribution in [0.15, 0.2) is 103 Å². The number of aldehydes is 1. The monoisotopic (exact) mass is 486 g/mol. The van der Waals surface area contributed by atoms with E-state index in [-0.39, 0.29) is 5.78 Å². The van der Waals surface area contributed by atoms with Crippen molar-refractivity contribution in [3.05, 3.63) is 126 Å². The van der Waals surface area contributed by atoms with Crippen molar-refractivity contribution in [2.75, 3.05) is 5.32 Å². The molecule has 0 saturated heterocycles. The summed E-state index contributed by atoms with van der Waals surface area (Å²) in [6, 6.07) is 30.5. The number of benzene rings is 3. The maximum Gasteiger partial charge on any atom is 0.205 e. The number of rotatable bonds is 6. The molecule has 0 saturated carbocycles. The summed E-state index contributed by atoms with van der Waals surface area (Å²) in [5.41, 5.74) is 6.50. The van der Waals surface area contributed by atoms with Crippen molar-refractivity contribution in [3.8, 4) is 16.9 Å². The number of pyridine rings is 1. The molecule has 3 aromatic carbocycles. The summed E-state index contributed by atoms with van der Waals surface area (Å²) in [5.74, 6) is 0.513. The van der Waals surface area contributed by atoms with Crippen molar-refractivity contribution in [1.82, 2.24) is 4.40 Å². The van der Waals surface area contributed by atoms with Gasteiger partial charge in [-0.1, -0.05) is 79.7 Å². The smallest absolute Gasteiger partial charge is 0.205 e. The van der Waals surface area contributed by atoms with Gasteiger partial charge in [0.15, 0.2) is 12.4 Å². The number of ether oxygens (including phenoxy) is 1. The number of Topliss-reactive ketones (excluding diaryl/α,β-unsaturated/α-hetero) is 1. The second-order valence-corrected chi connectivity index (χ2v) is 9.19. The first-order valence-corrected chi connectivity index (χ1v) is 12.5. The highest BCUT2D eigenvalue weighted by Crippen LogP contribution is 2.44. The molecule has 5 heteroatoms. The zero-order chi connectivity index (χ0) is 25.4. The Balaban J connectivity index is 1.58. The summed E-state index contributed by atoms with van der Waals surface area (Å²) < 4.78 is 8.34. The summed E-state index contributed by atoms with van der Waals surface area (Å²) in [6.45, 7) is 2.09. The van der Waals surface area contributed by atoms with Crippen LogP contribution in [-0.2, 0) is 6.42 Å². The lowest BCUT2D eigenvalue weighted by Gasteiger charge is -2.35. The third-order valence-electron chi connectivity index (χ3n) is 7.07. The molecule has 2 atom stereocenters. The highest BCUT2D eigenvalue weighted by molar-refractivity contribution is 6.02. The predicted octanol–water partition coefficient (Wildman–Crippen LogP) is 6.78. The van der Waals surface area contributed by atoms with Crippen LogP contribution in [0.4, 0.5) is 5.69 Å². The molecular formula is C32H26N2O3. The van der Waals surface area contributed by atoms with E-state index in [9.17, 15) is 9.59 Å². The number of nitrogens with one attached hydrogen (secondary N) is 1. The number of aromatic nitrogens is 1. The van der Waals surface area contributed by atoms with Gasteiger partial charge in [-0.05, 0) is 41.8 Å². The van der Waals surface area contributed by atoms with E-state index in [1.165, 1.54) is 5.56 Å². The second-order valence-electron chi connectivity index (χ2n) is 9.19. The summed E-state index contributed by atoms with van der Waals surface area (Å²) in [6.07, 6.45) is 2.83. The first kappa shape index (κ1) is 22.8. The average Bonchev–Trinajstić information content (AvgIpc) is 3.31. The van der Waals surface area contributed by atoms with Crippen LogP contribution in [-0.4, -0.2) is 22.6 Å². The lowest BCUT2D eigenvalue weighted by molar-refractivity contribution is 0.0746. The van der Waals surface area contributed by atoms with Gasteiger partial charge in [-0.25, -0.2) is 0 Å². The maximum absolute atomic E-state index is 14.0. The molecule has 182 valence electrons. The van der Waals surface area contributed by atoms with E-state index in [0.29, 0.717) is 17.0 Å². The van der Waals surface area contributed by atoms with E-state index in [0.717, 1.165) is 40.6 Å². The van der Waals surface area contributed by atoms with Crippen LogP contribution in [0.5, 0.6) is 5.75 Å². The molecule has 0 amide bonds. The molecule has 0 radical (unpaired) electrons. The van der Waals surface area contributed by atoms with E-state index in [2.05, 4.69) is 12.2 Å². The molecule has 2 aromatic heterocycles. The molecule has 0 bridgehead atoms. The van der Waals surface area contributed by atoms with Gasteiger partial charge in [0.05, 0.1) is 22.9 Å². The van der Waals surface area contributed by atoms with Crippen molar-refractivity contribution >= 4 is 23.3 Å². The topological polar surface area (TPSA) is 59.8 Å². The molecule has 0 aliphatic carbocycles. The van der Waals surface area contributed by atoms with E-state index in [1.807, 2.05) is 108 Å². The Labute approximate surface area is 215 Å². The van der Waals surface area contributed by atoms with Crippen LogP contribution in [0.2, 0.25) is 0 Å². The first-order valence-electron chi connectivity index (χ1n) is 12.5. The van der Waals surface area contributed by atoms with E-state index >= 15 is 0 Å². The third-order valence-corrected chi connectivity index (χ3v) is 7.07. The molecule has 1 aliphatic rings. The fourth-order valence-corrected chi connectivity index (χ4v) is 5.23. The number of aryl methyl sites for hydroxylation is 1. The molecule has 3 heterocycles. The van der Waals surface area contributed by atoms with Gasteiger partial charge in [-0.3, -0.25) is 9.59 Å². The number of hydrogen-bond acceptors (Lipinski definition) is 4. The Bertz CT molecular complexity index is 1600. The van der Waals surface area contributed by atoms with Gasteiger partial charge in [0.1, 0.15) is 5.75 Å². The molecule has 0 unspecified atom stereocenters. The second kappa shape index (κ2) is 9.43. The zero-order valence-corrected chi connectivity index (χ0v) is 20.4. The maximum atomic E-state index is 14.0. The Hall–Kier alpha value is -4.64. The van der Waals surface area contributed by atoms with Crippen LogP contribution >= 0.6 is 0 Å². The number of hydrogen-bond donors (Lipinski definition) is 1. The van der Waals surface area contributed by atoms with E-state index in [4.69, 9.17) is 4.74 Å². The fourth-order valence-electron chi connectivity index (χ4n) is 5.23. The number of fused-ring (bicyclic) bond motifs is 2. The molecular weight excluding hydrogens is 460 g/mol. The van der Waals surface area contributed by atoms with Crippen LogP contribution in [0, 0.1) is 0 Å². The number of ketones is 1.